The Morgan fingerprint density at radius 1 is 1.22 bits per heavy atom. The van der Waals surface area contributed by atoms with Gasteiger partial charge in [-0.1, -0.05) is 24.9 Å². The molecule has 0 N–H and O–H groups in total. The highest BCUT2D eigenvalue weighted by Crippen LogP contribution is 2.41. The number of amides is 1. The molecule has 0 aliphatic carbocycles. The van der Waals surface area contributed by atoms with Gasteiger partial charge in [-0.25, -0.2) is 9.59 Å². The molecule has 0 spiro atoms. The van der Waals surface area contributed by atoms with E-state index in [2.05, 4.69) is 11.7 Å². The van der Waals surface area contributed by atoms with Gasteiger partial charge in [0.1, 0.15) is 0 Å². The van der Waals surface area contributed by atoms with E-state index in [1.54, 1.807) is 35.4 Å². The van der Waals surface area contributed by atoms with E-state index in [9.17, 15) is 14.4 Å². The Morgan fingerprint density at radius 2 is 2.00 bits per heavy atom. The number of carbonyl (C=O) groups excluding carboxylic acids is 3. The molecule has 2 aliphatic rings. The normalized spacial score (nSPS) is 18.5. The Labute approximate surface area is 192 Å². The largest absolute Gasteiger partial charge is 0.466 e. The predicted octanol–water partition coefficient (Wildman–Crippen LogP) is 4.08. The highest BCUT2D eigenvalue weighted by Gasteiger charge is 2.36. The van der Waals surface area contributed by atoms with Gasteiger partial charge in [0, 0.05) is 41.6 Å². The van der Waals surface area contributed by atoms with E-state index in [-0.39, 0.29) is 17.1 Å². The van der Waals surface area contributed by atoms with Crippen LogP contribution in [-0.4, -0.2) is 50.1 Å². The van der Waals surface area contributed by atoms with Crippen molar-refractivity contribution in [2.24, 2.45) is 0 Å². The number of benzene rings is 1. The van der Waals surface area contributed by atoms with Crippen LogP contribution in [0, 0.1) is 0 Å². The zero-order valence-corrected chi connectivity index (χ0v) is 19.3. The number of unbranched alkanes of at least 4 members (excludes halogenated alkanes) is 1. The van der Waals surface area contributed by atoms with Crippen molar-refractivity contribution in [2.45, 2.75) is 32.6 Å². The summed E-state index contributed by atoms with van der Waals surface area (Å²) in [5, 5.41) is 0.478. The number of likely N-dealkylation sites (tertiary alicyclic amines) is 1. The molecule has 32 heavy (non-hydrogen) atoms. The van der Waals surface area contributed by atoms with Crippen molar-refractivity contribution in [1.29, 1.82) is 0 Å². The van der Waals surface area contributed by atoms with E-state index in [4.69, 9.17) is 16.3 Å². The number of ether oxygens (including phenoxy) is 2. The van der Waals surface area contributed by atoms with Gasteiger partial charge in [0.2, 0.25) is 0 Å². The van der Waals surface area contributed by atoms with E-state index >= 15 is 0 Å². The van der Waals surface area contributed by atoms with Crippen LogP contribution in [0.4, 0.5) is 5.69 Å². The van der Waals surface area contributed by atoms with E-state index in [0.29, 0.717) is 30.1 Å². The molecule has 1 aromatic carbocycles. The molecule has 1 aromatic rings. The Bertz CT molecular complexity index is 1010. The minimum absolute atomic E-state index is 0.174. The third-order valence-corrected chi connectivity index (χ3v) is 5.73. The first-order valence-corrected chi connectivity index (χ1v) is 11.0. The number of carbonyl (C=O) groups is 3. The molecule has 0 atom stereocenters. The minimum atomic E-state index is -0.604. The highest BCUT2D eigenvalue weighted by atomic mass is 35.5. The van der Waals surface area contributed by atoms with Crippen LogP contribution in [0.1, 0.15) is 38.2 Å². The van der Waals surface area contributed by atoms with Gasteiger partial charge in [0.25, 0.3) is 5.91 Å². The molecule has 1 amide bonds. The van der Waals surface area contributed by atoms with Crippen molar-refractivity contribution in [1.82, 2.24) is 4.90 Å². The zero-order chi connectivity index (χ0) is 23.3. The van der Waals surface area contributed by atoms with E-state index in [1.165, 1.54) is 20.3 Å². The zero-order valence-electron chi connectivity index (χ0n) is 18.5. The van der Waals surface area contributed by atoms with Crippen LogP contribution in [-0.2, 0) is 23.9 Å². The molecule has 1 fully saturated rings. The number of allylic oxidation sites excluding steroid dienone is 1. The molecule has 7 nitrogen and oxygen atoms in total. The van der Waals surface area contributed by atoms with Crippen molar-refractivity contribution in [3.05, 3.63) is 58.4 Å². The molecule has 2 heterocycles. The number of halogens is 1. The number of esters is 2. The van der Waals surface area contributed by atoms with Crippen LogP contribution in [0.15, 0.2) is 47.8 Å². The van der Waals surface area contributed by atoms with Crippen LogP contribution >= 0.6 is 11.6 Å². The van der Waals surface area contributed by atoms with Crippen molar-refractivity contribution in [2.75, 3.05) is 32.2 Å². The monoisotopic (exact) mass is 458 g/mol. The number of fused-ring (bicyclic) bond motifs is 1. The maximum Gasteiger partial charge on any atom is 0.338 e. The van der Waals surface area contributed by atoms with Crippen LogP contribution in [0.25, 0.3) is 5.57 Å². The SMILES string of the molecule is CCCCN1C(=O)/C(=C(\C=C2/CCCN2/C=C/C(=O)OC)C(=O)OC)c2cc(Cl)ccc21. The highest BCUT2D eigenvalue weighted by molar-refractivity contribution is 6.38. The number of methoxy groups -OCH3 is 2. The molecule has 0 unspecified atom stereocenters. The van der Waals surface area contributed by atoms with Gasteiger partial charge in [-0.15, -0.1) is 0 Å². The maximum atomic E-state index is 13.4. The van der Waals surface area contributed by atoms with Crippen LogP contribution in [0.2, 0.25) is 5.02 Å². The van der Waals surface area contributed by atoms with E-state index < -0.39 is 11.9 Å². The Morgan fingerprint density at radius 3 is 2.69 bits per heavy atom. The first-order chi connectivity index (χ1) is 15.4. The summed E-state index contributed by atoms with van der Waals surface area (Å²) in [6.45, 7) is 3.29. The smallest absolute Gasteiger partial charge is 0.338 e. The number of anilines is 1. The summed E-state index contributed by atoms with van der Waals surface area (Å²) in [4.78, 5) is 41.3. The minimum Gasteiger partial charge on any atom is -0.466 e. The lowest BCUT2D eigenvalue weighted by molar-refractivity contribution is -0.136. The fraction of sp³-hybridized carbons (Fsp3) is 0.375. The number of rotatable bonds is 7. The van der Waals surface area contributed by atoms with Gasteiger partial charge in [-0.3, -0.25) is 4.79 Å². The van der Waals surface area contributed by atoms with Crippen molar-refractivity contribution < 1.29 is 23.9 Å². The van der Waals surface area contributed by atoms with Gasteiger partial charge >= 0.3 is 11.9 Å². The average molecular weight is 459 g/mol. The molecule has 0 aromatic heterocycles. The van der Waals surface area contributed by atoms with Crippen LogP contribution < -0.4 is 4.90 Å². The Hall–Kier alpha value is -3.06. The standard InChI is InChI=1S/C24H27ClN2O5/c1-4-5-12-27-20-9-8-16(25)14-18(20)22(23(27)29)19(24(30)32-3)15-17-7-6-11-26(17)13-10-21(28)31-2/h8-10,13-15H,4-7,11-12H2,1-3H3/b13-10+,17-15+,22-19+. The van der Waals surface area contributed by atoms with Gasteiger partial charge in [-0.05, 0) is 43.5 Å². The lowest BCUT2D eigenvalue weighted by atomic mass is 9.99. The number of nitrogens with zero attached hydrogens (tertiary/aromatic N) is 2. The van der Waals surface area contributed by atoms with Gasteiger partial charge in [0.15, 0.2) is 0 Å². The molecule has 8 heteroatoms. The second-order valence-electron chi connectivity index (χ2n) is 7.52. The van der Waals surface area contributed by atoms with Crippen LogP contribution in [0.5, 0.6) is 0 Å². The fourth-order valence-electron chi connectivity index (χ4n) is 3.87. The van der Waals surface area contributed by atoms with Gasteiger partial charge in [0.05, 0.1) is 31.1 Å². The topological polar surface area (TPSA) is 76.2 Å². The molecule has 0 bridgehead atoms. The molecule has 2 aliphatic heterocycles. The molecule has 0 radical (unpaired) electrons. The number of hydrogen-bond acceptors (Lipinski definition) is 6. The third kappa shape index (κ3) is 4.88. The van der Waals surface area contributed by atoms with Gasteiger partial charge in [-0.2, -0.15) is 0 Å². The first-order valence-electron chi connectivity index (χ1n) is 10.6. The molecular formula is C24H27ClN2O5. The second kappa shape index (κ2) is 10.5. The average Bonchev–Trinajstić information content (AvgIpc) is 3.34. The van der Waals surface area contributed by atoms with Crippen molar-refractivity contribution >= 4 is 40.7 Å². The van der Waals surface area contributed by atoms with E-state index in [0.717, 1.165) is 30.6 Å². The summed E-state index contributed by atoms with van der Waals surface area (Å²) < 4.78 is 9.69. The molecule has 0 saturated carbocycles. The number of hydrogen-bond donors (Lipinski definition) is 0. The first kappa shape index (κ1) is 23.6. The summed E-state index contributed by atoms with van der Waals surface area (Å²) in [5.74, 6) is -1.32. The summed E-state index contributed by atoms with van der Waals surface area (Å²) in [6.07, 6.45) is 7.94. The van der Waals surface area contributed by atoms with Gasteiger partial charge < -0.3 is 19.3 Å². The van der Waals surface area contributed by atoms with Crippen molar-refractivity contribution in [3.63, 3.8) is 0 Å². The lowest BCUT2D eigenvalue weighted by Gasteiger charge is -2.17. The summed E-state index contributed by atoms with van der Waals surface area (Å²) in [6, 6.07) is 5.25. The maximum absolute atomic E-state index is 13.4. The Kier molecular flexibility index (Phi) is 7.75. The molecular weight excluding hydrogens is 432 g/mol. The third-order valence-electron chi connectivity index (χ3n) is 5.49. The second-order valence-corrected chi connectivity index (χ2v) is 7.96. The van der Waals surface area contributed by atoms with Crippen LogP contribution in [0.3, 0.4) is 0 Å². The van der Waals surface area contributed by atoms with Crippen molar-refractivity contribution in [3.8, 4) is 0 Å². The molecule has 3 rings (SSSR count). The predicted molar refractivity (Wildman–Crippen MR) is 123 cm³/mol. The fourth-order valence-corrected chi connectivity index (χ4v) is 4.05. The summed E-state index contributed by atoms with van der Waals surface area (Å²) >= 11 is 6.24. The Balaban J connectivity index is 2.13. The summed E-state index contributed by atoms with van der Waals surface area (Å²) in [5.41, 5.74) is 2.61. The van der Waals surface area contributed by atoms with E-state index in [1.807, 2.05) is 4.90 Å². The quantitative estimate of drug-likeness (QED) is 0.452. The lowest BCUT2D eigenvalue weighted by Crippen LogP contribution is -2.28. The summed E-state index contributed by atoms with van der Waals surface area (Å²) in [7, 11) is 2.60. The molecule has 1 saturated heterocycles. The molecule has 170 valence electrons.